The van der Waals surface area contributed by atoms with E-state index in [0.29, 0.717) is 10.7 Å². The van der Waals surface area contributed by atoms with E-state index in [1.54, 1.807) is 0 Å². The van der Waals surface area contributed by atoms with Crippen LogP contribution in [0.2, 0.25) is 5.02 Å². The third-order valence-electron chi connectivity index (χ3n) is 9.81. The fourth-order valence-electron chi connectivity index (χ4n) is 7.55. The zero-order valence-corrected chi connectivity index (χ0v) is 30.8. The molecule has 1 fully saturated rings. The van der Waals surface area contributed by atoms with Crippen LogP contribution in [0.4, 0.5) is 32.2 Å². The lowest BCUT2D eigenvalue weighted by Crippen LogP contribution is -2.37. The van der Waals surface area contributed by atoms with Gasteiger partial charge < -0.3 is 16.6 Å². The SMILES string of the molecule is Cn1nc(NS(C)(=O)=O)c2c(Cl)ccc(-c3ccc(C#C[C@@H](N)CO)nc3[C@@H](Cc3cc(F)cc(F)c3)C(C(N)=O)n3nc(C(F)F)c4c3C(F)(F)[C@@H]3C[C@H]43)c21. The summed E-state index contributed by atoms with van der Waals surface area (Å²) in [7, 11) is -2.41. The van der Waals surface area contributed by atoms with E-state index in [1.807, 2.05) is 0 Å². The molecule has 2 aliphatic carbocycles. The van der Waals surface area contributed by atoms with Crippen molar-refractivity contribution in [1.82, 2.24) is 24.5 Å². The van der Waals surface area contributed by atoms with Gasteiger partial charge in [-0.1, -0.05) is 23.6 Å². The van der Waals surface area contributed by atoms with Gasteiger partial charge in [-0.15, -0.1) is 0 Å². The van der Waals surface area contributed by atoms with E-state index in [4.69, 9.17) is 23.1 Å². The number of rotatable bonds is 11. The molecule has 5 atom stereocenters. The summed E-state index contributed by atoms with van der Waals surface area (Å²) in [6, 6.07) is 5.21. The van der Waals surface area contributed by atoms with Crippen molar-refractivity contribution in [2.75, 3.05) is 17.6 Å². The predicted molar refractivity (Wildman–Crippen MR) is 192 cm³/mol. The number of carbonyl (C=O) groups excluding carboxylic acids is 1. The number of carbonyl (C=O) groups is 1. The molecule has 2 aromatic carbocycles. The summed E-state index contributed by atoms with van der Waals surface area (Å²) in [6.45, 7) is -0.532. The molecule has 12 nitrogen and oxygen atoms in total. The Morgan fingerprint density at radius 3 is 2.41 bits per heavy atom. The lowest BCUT2D eigenvalue weighted by atomic mass is 9.84. The summed E-state index contributed by atoms with van der Waals surface area (Å²) < 4.78 is 119. The van der Waals surface area contributed by atoms with Crippen LogP contribution in [-0.2, 0) is 34.2 Å². The topological polar surface area (TPSA) is 184 Å². The maximum Gasteiger partial charge on any atom is 0.293 e. The molecule has 0 bridgehead atoms. The van der Waals surface area contributed by atoms with E-state index in [1.165, 1.54) is 36.0 Å². The average Bonchev–Trinajstić information content (AvgIpc) is 3.64. The van der Waals surface area contributed by atoms with Crippen molar-refractivity contribution in [3.05, 3.63) is 93.0 Å². The van der Waals surface area contributed by atoms with Crippen LogP contribution in [-0.4, -0.2) is 62.9 Å². The molecule has 5 aromatic rings. The van der Waals surface area contributed by atoms with Crippen LogP contribution in [0.25, 0.3) is 22.0 Å². The number of aliphatic hydroxyl groups is 1. The molecule has 6 N–H and O–H groups in total. The highest BCUT2D eigenvalue weighted by Crippen LogP contribution is 2.68. The highest BCUT2D eigenvalue weighted by molar-refractivity contribution is 7.92. The number of fused-ring (bicyclic) bond motifs is 4. The van der Waals surface area contributed by atoms with Gasteiger partial charge in [0.2, 0.25) is 15.9 Å². The van der Waals surface area contributed by atoms with E-state index in [2.05, 4.69) is 31.7 Å². The van der Waals surface area contributed by atoms with Gasteiger partial charge in [-0.2, -0.15) is 19.0 Å². The van der Waals surface area contributed by atoms with E-state index in [-0.39, 0.29) is 61.8 Å². The predicted octanol–water partition coefficient (Wildman–Crippen LogP) is 5.01. The number of nitrogens with two attached hydrogens (primary N) is 2. The molecule has 0 radical (unpaired) electrons. The number of sulfonamides is 1. The number of aryl methyl sites for hydroxylation is 1. The normalized spacial score (nSPS) is 18.6. The Bertz CT molecular complexity index is 2590. The first-order valence-electron chi connectivity index (χ1n) is 16.9. The second kappa shape index (κ2) is 14.1. The Morgan fingerprint density at radius 2 is 1.79 bits per heavy atom. The maximum absolute atomic E-state index is 16.0. The zero-order valence-electron chi connectivity index (χ0n) is 29.2. The van der Waals surface area contributed by atoms with E-state index >= 15 is 8.78 Å². The van der Waals surface area contributed by atoms with Crippen molar-refractivity contribution in [1.29, 1.82) is 0 Å². The summed E-state index contributed by atoms with van der Waals surface area (Å²) in [5.74, 6) is -5.77. The van der Waals surface area contributed by atoms with Gasteiger partial charge in [0, 0.05) is 41.6 Å². The zero-order chi connectivity index (χ0) is 40.6. The maximum atomic E-state index is 16.0. The fraction of sp³-hybridized carbons (Fsp3) is 0.333. The number of anilines is 1. The van der Waals surface area contributed by atoms with Crippen LogP contribution in [0.3, 0.4) is 0 Å². The highest BCUT2D eigenvalue weighted by Gasteiger charge is 2.67. The number of hydrogen-bond acceptors (Lipinski definition) is 8. The lowest BCUT2D eigenvalue weighted by molar-refractivity contribution is -0.122. The second-order valence-electron chi connectivity index (χ2n) is 13.8. The Morgan fingerprint density at radius 1 is 1.11 bits per heavy atom. The lowest BCUT2D eigenvalue weighted by Gasteiger charge is -2.29. The van der Waals surface area contributed by atoms with Gasteiger partial charge in [0.05, 0.1) is 40.5 Å². The van der Waals surface area contributed by atoms with Crippen LogP contribution in [0.1, 0.15) is 64.6 Å². The van der Waals surface area contributed by atoms with Crippen molar-refractivity contribution >= 4 is 44.3 Å². The molecule has 1 unspecified atom stereocenters. The first-order chi connectivity index (χ1) is 26.3. The smallest absolute Gasteiger partial charge is 0.293 e. The molecular formula is C36H31ClF6N8O4S. The molecule has 0 saturated heterocycles. The third kappa shape index (κ3) is 6.95. The van der Waals surface area contributed by atoms with Gasteiger partial charge >= 0.3 is 0 Å². The molecular weight excluding hydrogens is 790 g/mol. The number of primary amides is 1. The average molecular weight is 821 g/mol. The minimum Gasteiger partial charge on any atom is -0.394 e. The largest absolute Gasteiger partial charge is 0.394 e. The molecule has 1 amide bonds. The highest BCUT2D eigenvalue weighted by atomic mass is 35.5. The summed E-state index contributed by atoms with van der Waals surface area (Å²) >= 11 is 6.58. The van der Waals surface area contributed by atoms with Crippen LogP contribution in [0, 0.1) is 29.4 Å². The molecule has 294 valence electrons. The second-order valence-corrected chi connectivity index (χ2v) is 15.9. The number of halogens is 7. The number of amides is 1. The Balaban J connectivity index is 1.55. The van der Waals surface area contributed by atoms with E-state index in [9.17, 15) is 35.9 Å². The van der Waals surface area contributed by atoms with Gasteiger partial charge in [-0.3, -0.25) is 14.2 Å². The molecule has 1 saturated carbocycles. The molecule has 3 aromatic heterocycles. The number of aliphatic hydroxyl groups excluding tert-OH is 1. The van der Waals surface area contributed by atoms with Gasteiger partial charge in [-0.25, -0.2) is 35.6 Å². The van der Waals surface area contributed by atoms with Gasteiger partial charge in [0.1, 0.15) is 34.8 Å². The Labute approximate surface area is 319 Å². The standard InChI is InChI=1S/C36H31ClF6N8O4S/c1-50-30-21(7-8-25(37)27(30)35(48-50)49-56(2,54)55)20-6-5-19(4-3-18(44)14-52)46-28(20)23(11-15-9-16(38)12-17(39)10-15)31(34(45)53)51-32-26(29(47-51)33(40)41)22-13-24(22)36(32,42)43/h5-10,12,18,22-24,31,33,52H,11,13-14,44H2,1-2H3,(H2,45,53)(H,48,49)/t18-,22+,23-,24-,31?/m1/s1. The number of pyridine rings is 1. The van der Waals surface area contributed by atoms with Crippen molar-refractivity contribution in [2.45, 2.75) is 49.1 Å². The number of nitrogens with zero attached hydrogens (tertiary/aromatic N) is 5. The van der Waals surface area contributed by atoms with Crippen molar-refractivity contribution in [3.63, 3.8) is 0 Å². The monoisotopic (exact) mass is 820 g/mol. The third-order valence-corrected chi connectivity index (χ3v) is 10.7. The summed E-state index contributed by atoms with van der Waals surface area (Å²) in [6.07, 6.45) is -3.03. The molecule has 0 spiro atoms. The van der Waals surface area contributed by atoms with E-state index in [0.717, 1.165) is 18.4 Å². The van der Waals surface area contributed by atoms with Crippen molar-refractivity contribution in [3.8, 4) is 23.0 Å². The van der Waals surface area contributed by atoms with Gasteiger partial charge in [0.25, 0.3) is 12.3 Å². The first kappa shape index (κ1) is 39.1. The quantitative estimate of drug-likeness (QED) is 0.106. The fourth-order valence-corrected chi connectivity index (χ4v) is 8.29. The summed E-state index contributed by atoms with van der Waals surface area (Å²) in [5.41, 5.74) is 9.82. The molecule has 3 heterocycles. The van der Waals surface area contributed by atoms with Crippen molar-refractivity contribution < 1.29 is 44.7 Å². The van der Waals surface area contributed by atoms with Gasteiger partial charge in [-0.05, 0) is 60.6 Å². The van der Waals surface area contributed by atoms with Crippen LogP contribution in [0.15, 0.2) is 42.5 Å². The van der Waals surface area contributed by atoms with Crippen LogP contribution in [0.5, 0.6) is 0 Å². The van der Waals surface area contributed by atoms with Crippen molar-refractivity contribution in [2.24, 2.45) is 24.4 Å². The van der Waals surface area contributed by atoms with Gasteiger partial charge in [0.15, 0.2) is 5.82 Å². The summed E-state index contributed by atoms with van der Waals surface area (Å²) in [4.78, 5) is 18.4. The van der Waals surface area contributed by atoms with Crippen LogP contribution >= 0.6 is 11.6 Å². The molecule has 56 heavy (non-hydrogen) atoms. The molecule has 20 heteroatoms. The number of alkyl halides is 4. The first-order valence-corrected chi connectivity index (χ1v) is 19.1. The summed E-state index contributed by atoms with van der Waals surface area (Å²) in [5, 5.41) is 17.9. The Hall–Kier alpha value is -5.16. The Kier molecular flexibility index (Phi) is 9.84. The minimum absolute atomic E-state index is 0.0357. The number of benzene rings is 2. The number of nitrogens with one attached hydrogen (secondary N) is 1. The number of aromatic nitrogens is 5. The van der Waals surface area contributed by atoms with Crippen LogP contribution < -0.4 is 16.2 Å². The molecule has 7 rings (SSSR count). The molecule has 0 aliphatic heterocycles. The minimum atomic E-state index is -3.88. The van der Waals surface area contributed by atoms with E-state index < -0.39 is 94.2 Å². The molecule has 2 aliphatic rings. The number of hydrogen-bond donors (Lipinski definition) is 4.